The van der Waals surface area contributed by atoms with E-state index in [9.17, 15) is 14.7 Å². The van der Waals surface area contributed by atoms with E-state index in [1.807, 2.05) is 43.3 Å². The third kappa shape index (κ3) is 5.97. The molecule has 3 aliphatic heterocycles. The van der Waals surface area contributed by atoms with Crippen LogP contribution in [0.25, 0.3) is 5.76 Å². The number of aliphatic hydroxyl groups excluding tert-OH is 1. The Bertz CT molecular complexity index is 1220. The van der Waals surface area contributed by atoms with Crippen molar-refractivity contribution in [3.63, 3.8) is 0 Å². The Kier molecular flexibility index (Phi) is 8.53. The van der Waals surface area contributed by atoms with Gasteiger partial charge >= 0.3 is 0 Å². The zero-order valence-corrected chi connectivity index (χ0v) is 22.9. The van der Waals surface area contributed by atoms with Crippen molar-refractivity contribution in [2.75, 3.05) is 46.0 Å². The highest BCUT2D eigenvalue weighted by atomic mass is 16.5. The molecular weight excluding hydrogens is 496 g/mol. The summed E-state index contributed by atoms with van der Waals surface area (Å²) in [6.45, 7) is 9.12. The Morgan fingerprint density at radius 3 is 2.56 bits per heavy atom. The maximum Gasteiger partial charge on any atom is 0.295 e. The second-order valence-corrected chi connectivity index (χ2v) is 10.5. The number of hydrogen-bond donors (Lipinski definition) is 1. The van der Waals surface area contributed by atoms with Crippen molar-refractivity contribution >= 4 is 17.4 Å². The van der Waals surface area contributed by atoms with Gasteiger partial charge in [0.25, 0.3) is 11.7 Å². The molecule has 0 radical (unpaired) electrons. The minimum absolute atomic E-state index is 0.0625. The average molecular weight is 535 g/mol. The molecule has 0 spiro atoms. The Balaban J connectivity index is 1.45. The molecule has 1 N–H and O–H groups in total. The summed E-state index contributed by atoms with van der Waals surface area (Å²) >= 11 is 0. The standard InChI is InChI=1S/C31H38N2O6/c1-3-4-16-38-25-9-6-22(7-10-25)28-27(29(34)23-8-11-26-24(20-23)19-21(2)39-26)30(35)31(36)33(28)13-5-12-32-14-17-37-18-15-32/h6-11,20-21,28,34H,3-5,12-19H2,1-2H3/t21-,28-/m1/s1. The van der Waals surface area contributed by atoms with Crippen LogP contribution in [-0.2, 0) is 20.7 Å². The lowest BCUT2D eigenvalue weighted by Gasteiger charge is -2.29. The molecule has 0 aromatic heterocycles. The first-order chi connectivity index (χ1) is 19.0. The van der Waals surface area contributed by atoms with E-state index in [0.717, 1.165) is 67.9 Å². The summed E-state index contributed by atoms with van der Waals surface area (Å²) in [7, 11) is 0. The van der Waals surface area contributed by atoms with Crippen LogP contribution in [0.5, 0.6) is 11.5 Å². The number of aliphatic hydroxyl groups is 1. The van der Waals surface area contributed by atoms with E-state index in [-0.39, 0.29) is 17.4 Å². The van der Waals surface area contributed by atoms with Crippen LogP contribution >= 0.6 is 0 Å². The third-order valence-electron chi connectivity index (χ3n) is 7.65. The molecule has 5 rings (SSSR count). The van der Waals surface area contributed by atoms with Gasteiger partial charge in [-0.2, -0.15) is 0 Å². The van der Waals surface area contributed by atoms with Crippen molar-refractivity contribution in [2.45, 2.75) is 51.7 Å². The summed E-state index contributed by atoms with van der Waals surface area (Å²) in [5.74, 6) is 0.142. The molecule has 3 heterocycles. The lowest BCUT2D eigenvalue weighted by atomic mass is 9.94. The van der Waals surface area contributed by atoms with Crippen molar-refractivity contribution in [1.29, 1.82) is 0 Å². The predicted octanol–water partition coefficient (Wildman–Crippen LogP) is 4.33. The molecule has 3 aliphatic rings. The first-order valence-corrected chi connectivity index (χ1v) is 14.1. The van der Waals surface area contributed by atoms with Gasteiger partial charge in [-0.25, -0.2) is 0 Å². The normalized spacial score (nSPS) is 22.7. The summed E-state index contributed by atoms with van der Waals surface area (Å²) in [5, 5.41) is 11.5. The number of amides is 1. The second kappa shape index (κ2) is 12.2. The topological polar surface area (TPSA) is 88.5 Å². The number of fused-ring (bicyclic) bond motifs is 1. The van der Waals surface area contributed by atoms with Crippen molar-refractivity contribution in [1.82, 2.24) is 9.80 Å². The molecule has 1 amide bonds. The van der Waals surface area contributed by atoms with Gasteiger partial charge in [0.1, 0.15) is 23.4 Å². The van der Waals surface area contributed by atoms with E-state index >= 15 is 0 Å². The number of hydrogen-bond acceptors (Lipinski definition) is 7. The molecule has 2 aromatic carbocycles. The van der Waals surface area contributed by atoms with E-state index in [4.69, 9.17) is 14.2 Å². The number of nitrogens with zero attached hydrogens (tertiary/aromatic N) is 2. The van der Waals surface area contributed by atoms with Crippen molar-refractivity contribution < 1.29 is 28.9 Å². The lowest BCUT2D eigenvalue weighted by Crippen LogP contribution is -2.38. The van der Waals surface area contributed by atoms with Crippen molar-refractivity contribution in [3.8, 4) is 11.5 Å². The highest BCUT2D eigenvalue weighted by molar-refractivity contribution is 6.46. The van der Waals surface area contributed by atoms with Gasteiger partial charge in [-0.15, -0.1) is 0 Å². The van der Waals surface area contributed by atoms with Crippen LogP contribution in [0, 0.1) is 0 Å². The van der Waals surface area contributed by atoms with Crippen LogP contribution in [0.2, 0.25) is 0 Å². The monoisotopic (exact) mass is 534 g/mol. The first kappa shape index (κ1) is 27.2. The van der Waals surface area contributed by atoms with Crippen LogP contribution in [0.4, 0.5) is 0 Å². The summed E-state index contributed by atoms with van der Waals surface area (Å²) < 4.78 is 17.1. The number of Topliss-reactive ketones (excluding diaryl/α,β-unsaturated/α-hetero) is 1. The van der Waals surface area contributed by atoms with Gasteiger partial charge in [-0.1, -0.05) is 25.5 Å². The van der Waals surface area contributed by atoms with Gasteiger partial charge in [-0.3, -0.25) is 14.5 Å². The van der Waals surface area contributed by atoms with Crippen molar-refractivity contribution in [3.05, 3.63) is 64.7 Å². The summed E-state index contributed by atoms with van der Waals surface area (Å²) in [6.07, 6.45) is 3.53. The van der Waals surface area contributed by atoms with E-state index < -0.39 is 17.7 Å². The van der Waals surface area contributed by atoms with Gasteiger partial charge < -0.3 is 24.2 Å². The number of morpholine rings is 1. The molecular formula is C31H38N2O6. The summed E-state index contributed by atoms with van der Waals surface area (Å²) in [6, 6.07) is 12.3. The maximum atomic E-state index is 13.4. The van der Waals surface area contributed by atoms with Gasteiger partial charge in [0.15, 0.2) is 0 Å². The second-order valence-electron chi connectivity index (χ2n) is 10.5. The molecule has 0 bridgehead atoms. The number of benzene rings is 2. The molecule has 8 heteroatoms. The quantitative estimate of drug-likeness (QED) is 0.210. The minimum atomic E-state index is -0.678. The predicted molar refractivity (Wildman–Crippen MR) is 148 cm³/mol. The SMILES string of the molecule is CCCCOc1ccc([C@@H]2C(=C(O)c3ccc4c(c3)C[C@@H](C)O4)C(=O)C(=O)N2CCCN2CCOCC2)cc1. The molecule has 0 aliphatic carbocycles. The fourth-order valence-electron chi connectivity index (χ4n) is 5.55. The molecule has 208 valence electrons. The van der Waals surface area contributed by atoms with E-state index in [1.165, 1.54) is 0 Å². The number of ketones is 1. The average Bonchev–Trinajstić information content (AvgIpc) is 3.45. The zero-order chi connectivity index (χ0) is 27.4. The van der Waals surface area contributed by atoms with Crippen LogP contribution in [0.1, 0.15) is 55.8 Å². The van der Waals surface area contributed by atoms with Gasteiger partial charge in [0.05, 0.1) is 31.4 Å². The summed E-state index contributed by atoms with van der Waals surface area (Å²) in [4.78, 5) is 30.7. The zero-order valence-electron chi connectivity index (χ0n) is 22.9. The molecule has 39 heavy (non-hydrogen) atoms. The fraction of sp³-hybridized carbons (Fsp3) is 0.484. The molecule has 2 aromatic rings. The van der Waals surface area contributed by atoms with Crippen molar-refractivity contribution in [2.24, 2.45) is 0 Å². The van der Waals surface area contributed by atoms with Gasteiger partial charge in [-0.05, 0) is 61.2 Å². The van der Waals surface area contributed by atoms with Crippen LogP contribution in [0.3, 0.4) is 0 Å². The number of likely N-dealkylation sites (tertiary alicyclic amines) is 1. The van der Waals surface area contributed by atoms with Gasteiger partial charge in [0.2, 0.25) is 0 Å². The van der Waals surface area contributed by atoms with E-state index in [0.29, 0.717) is 31.9 Å². The summed E-state index contributed by atoms with van der Waals surface area (Å²) in [5.41, 5.74) is 2.39. The lowest BCUT2D eigenvalue weighted by molar-refractivity contribution is -0.140. The molecule has 2 fully saturated rings. The third-order valence-corrected chi connectivity index (χ3v) is 7.65. The maximum absolute atomic E-state index is 13.4. The Morgan fingerprint density at radius 2 is 1.82 bits per heavy atom. The number of carbonyl (C=O) groups excluding carboxylic acids is 2. The molecule has 0 saturated carbocycles. The Hall–Kier alpha value is -3.36. The van der Waals surface area contributed by atoms with Crippen LogP contribution in [0.15, 0.2) is 48.0 Å². The minimum Gasteiger partial charge on any atom is -0.507 e. The molecule has 2 saturated heterocycles. The molecule has 0 unspecified atom stereocenters. The highest BCUT2D eigenvalue weighted by Gasteiger charge is 2.46. The number of rotatable bonds is 10. The van der Waals surface area contributed by atoms with E-state index in [1.54, 1.807) is 11.0 Å². The van der Waals surface area contributed by atoms with Gasteiger partial charge in [0, 0.05) is 38.2 Å². The van der Waals surface area contributed by atoms with Crippen LogP contribution < -0.4 is 9.47 Å². The largest absolute Gasteiger partial charge is 0.507 e. The first-order valence-electron chi connectivity index (χ1n) is 14.1. The van der Waals surface area contributed by atoms with Crippen LogP contribution in [-0.4, -0.2) is 78.7 Å². The molecule has 2 atom stereocenters. The Labute approximate surface area is 230 Å². The molecule has 8 nitrogen and oxygen atoms in total. The Morgan fingerprint density at radius 1 is 1.05 bits per heavy atom. The highest BCUT2D eigenvalue weighted by Crippen LogP contribution is 2.41. The number of unbranched alkanes of at least 4 members (excludes halogenated alkanes) is 1. The number of carbonyl (C=O) groups is 2. The smallest absolute Gasteiger partial charge is 0.295 e. The van der Waals surface area contributed by atoms with E-state index in [2.05, 4.69) is 11.8 Å². The fourth-order valence-corrected chi connectivity index (χ4v) is 5.55. The number of ether oxygens (including phenoxy) is 3.